The summed E-state index contributed by atoms with van der Waals surface area (Å²) in [5.41, 5.74) is 14.6. The Morgan fingerprint density at radius 2 is 1.00 bits per heavy atom. The maximum Gasteiger partial charge on any atom is 0.0531 e. The topological polar surface area (TPSA) is 52.0 Å². The second kappa shape index (κ2) is 7.26. The first-order valence-electron chi connectivity index (χ1n) is 8.59. The van der Waals surface area contributed by atoms with Crippen LogP contribution >= 0.6 is 0 Å². The number of unbranched alkanes of at least 4 members (excludes halogenated alkanes) is 2. The summed E-state index contributed by atoms with van der Waals surface area (Å²) in [6.45, 7) is 4.39. The van der Waals surface area contributed by atoms with Gasteiger partial charge in [0.15, 0.2) is 0 Å². The molecule has 4 N–H and O–H groups in total. The van der Waals surface area contributed by atoms with E-state index in [1.54, 1.807) is 0 Å². The largest absolute Gasteiger partial charge is 0.319 e. The van der Waals surface area contributed by atoms with Crippen molar-refractivity contribution >= 4 is 0 Å². The molecule has 0 heterocycles. The summed E-state index contributed by atoms with van der Waals surface area (Å²) < 4.78 is 0. The summed E-state index contributed by atoms with van der Waals surface area (Å²) in [5.74, 6) is 0. The van der Waals surface area contributed by atoms with Crippen LogP contribution in [0.15, 0.2) is 59.8 Å². The first-order chi connectivity index (χ1) is 10.5. The predicted molar refractivity (Wildman–Crippen MR) is 96.5 cm³/mol. The zero-order valence-electron chi connectivity index (χ0n) is 14.0. The van der Waals surface area contributed by atoms with Gasteiger partial charge in [-0.2, -0.15) is 0 Å². The molecule has 0 aliphatic heterocycles. The molecular formula is C20H30N2. The third-order valence-electron chi connectivity index (χ3n) is 4.55. The zero-order chi connectivity index (χ0) is 16.1. The molecule has 0 atom stereocenters. The summed E-state index contributed by atoms with van der Waals surface area (Å²) in [6, 6.07) is 0. The maximum absolute atomic E-state index is 6.38. The van der Waals surface area contributed by atoms with Gasteiger partial charge in [-0.1, -0.05) is 88.1 Å². The molecule has 2 rings (SSSR count). The van der Waals surface area contributed by atoms with E-state index in [1.807, 2.05) is 0 Å². The van der Waals surface area contributed by atoms with Crippen LogP contribution in [0.3, 0.4) is 0 Å². The van der Waals surface area contributed by atoms with E-state index in [-0.39, 0.29) is 11.1 Å². The minimum absolute atomic E-state index is 0.277. The maximum atomic E-state index is 6.38. The van der Waals surface area contributed by atoms with Crippen molar-refractivity contribution < 1.29 is 0 Å². The van der Waals surface area contributed by atoms with Crippen LogP contribution < -0.4 is 11.5 Å². The summed E-state index contributed by atoms with van der Waals surface area (Å²) in [5, 5.41) is 0. The Hall–Kier alpha value is -1.38. The third-order valence-corrected chi connectivity index (χ3v) is 4.55. The van der Waals surface area contributed by atoms with E-state index in [2.05, 4.69) is 62.5 Å². The van der Waals surface area contributed by atoms with Gasteiger partial charge in [0.2, 0.25) is 0 Å². The van der Waals surface area contributed by atoms with Gasteiger partial charge in [0.05, 0.1) is 11.1 Å². The average Bonchev–Trinajstić information content (AvgIpc) is 2.53. The molecule has 0 aromatic heterocycles. The molecule has 0 bridgehead atoms. The van der Waals surface area contributed by atoms with Crippen LogP contribution in [0.25, 0.3) is 0 Å². The lowest BCUT2D eigenvalue weighted by Crippen LogP contribution is -2.36. The molecule has 2 aliphatic carbocycles. The number of hydrogen-bond acceptors (Lipinski definition) is 2. The van der Waals surface area contributed by atoms with Crippen molar-refractivity contribution in [2.45, 2.75) is 63.5 Å². The van der Waals surface area contributed by atoms with Crippen molar-refractivity contribution in [3.05, 3.63) is 59.8 Å². The molecular weight excluding hydrogens is 268 g/mol. The number of nitrogens with two attached hydrogens (primary N) is 2. The summed E-state index contributed by atoms with van der Waals surface area (Å²) in [6.07, 6.45) is 23.8. The van der Waals surface area contributed by atoms with Gasteiger partial charge in [-0.3, -0.25) is 0 Å². The Morgan fingerprint density at radius 1 is 0.682 bits per heavy atom. The Morgan fingerprint density at radius 3 is 1.27 bits per heavy atom. The van der Waals surface area contributed by atoms with E-state index in [4.69, 9.17) is 11.5 Å². The first-order valence-corrected chi connectivity index (χ1v) is 8.59. The monoisotopic (exact) mass is 298 g/mol. The van der Waals surface area contributed by atoms with Crippen LogP contribution in [0, 0.1) is 0 Å². The predicted octanol–water partition coefficient (Wildman–Crippen LogP) is 4.31. The first kappa shape index (κ1) is 17.0. The molecule has 22 heavy (non-hydrogen) atoms. The summed E-state index contributed by atoms with van der Waals surface area (Å²) >= 11 is 0. The fourth-order valence-electron chi connectivity index (χ4n) is 2.89. The lowest BCUT2D eigenvalue weighted by molar-refractivity contribution is 0.551. The molecule has 0 radical (unpaired) electrons. The second-order valence-corrected chi connectivity index (χ2v) is 6.68. The third kappa shape index (κ3) is 4.31. The lowest BCUT2D eigenvalue weighted by Gasteiger charge is -2.27. The summed E-state index contributed by atoms with van der Waals surface area (Å²) in [7, 11) is 0. The van der Waals surface area contributed by atoms with Crippen LogP contribution in [-0.2, 0) is 0 Å². The van der Waals surface area contributed by atoms with Gasteiger partial charge in [0.25, 0.3) is 0 Å². The molecule has 0 unspecified atom stereocenters. The van der Waals surface area contributed by atoms with Crippen molar-refractivity contribution in [3.63, 3.8) is 0 Å². The fraction of sp³-hybridized carbons (Fsp3) is 0.500. The van der Waals surface area contributed by atoms with Crippen molar-refractivity contribution in [3.8, 4) is 0 Å². The molecule has 120 valence electrons. The standard InChI is InChI=1S/C20H30N2/c1-3-5-11-19(21)13-7-17(8-14-19)18-9-15-20(22,16-10-18)12-6-4-2/h7-10,13-16H,3-6,11-12,21-22H2,1-2H3. The Balaban J connectivity index is 2.07. The summed E-state index contributed by atoms with van der Waals surface area (Å²) in [4.78, 5) is 0. The molecule has 0 amide bonds. The molecule has 2 aliphatic rings. The number of rotatable bonds is 6. The molecule has 0 spiro atoms. The Labute approximate surface area is 135 Å². The fourth-order valence-corrected chi connectivity index (χ4v) is 2.89. The lowest BCUT2D eigenvalue weighted by atomic mass is 9.84. The SMILES string of the molecule is CCCCC1(N)C=CC(=C2C=CC(N)(CCCC)C=C2)C=C1. The van der Waals surface area contributed by atoms with E-state index < -0.39 is 0 Å². The highest BCUT2D eigenvalue weighted by Gasteiger charge is 2.22. The van der Waals surface area contributed by atoms with Gasteiger partial charge in [-0.05, 0) is 24.0 Å². The van der Waals surface area contributed by atoms with Crippen LogP contribution in [0.1, 0.15) is 52.4 Å². The van der Waals surface area contributed by atoms with Crippen molar-refractivity contribution in [1.29, 1.82) is 0 Å². The highest BCUT2D eigenvalue weighted by Crippen LogP contribution is 2.27. The van der Waals surface area contributed by atoms with Crippen LogP contribution in [0.4, 0.5) is 0 Å². The van der Waals surface area contributed by atoms with E-state index in [1.165, 1.54) is 24.0 Å². The Bertz CT molecular complexity index is 452. The van der Waals surface area contributed by atoms with Gasteiger partial charge in [-0.25, -0.2) is 0 Å². The van der Waals surface area contributed by atoms with Gasteiger partial charge < -0.3 is 11.5 Å². The van der Waals surface area contributed by atoms with Gasteiger partial charge >= 0.3 is 0 Å². The molecule has 2 nitrogen and oxygen atoms in total. The quantitative estimate of drug-likeness (QED) is 0.767. The minimum Gasteiger partial charge on any atom is -0.319 e. The Kier molecular flexibility index (Phi) is 5.60. The smallest absolute Gasteiger partial charge is 0.0531 e. The normalized spacial score (nSPS) is 30.4. The molecule has 0 fully saturated rings. The molecule has 0 saturated heterocycles. The minimum atomic E-state index is -0.277. The number of hydrogen-bond donors (Lipinski definition) is 2. The zero-order valence-corrected chi connectivity index (χ0v) is 14.0. The van der Waals surface area contributed by atoms with Gasteiger partial charge in [0, 0.05) is 0 Å². The highest BCUT2D eigenvalue weighted by atomic mass is 14.7. The van der Waals surface area contributed by atoms with Gasteiger partial charge in [0.1, 0.15) is 0 Å². The molecule has 0 aromatic carbocycles. The van der Waals surface area contributed by atoms with Crippen LogP contribution in [0.5, 0.6) is 0 Å². The van der Waals surface area contributed by atoms with Crippen molar-refractivity contribution in [2.24, 2.45) is 11.5 Å². The second-order valence-electron chi connectivity index (χ2n) is 6.68. The van der Waals surface area contributed by atoms with E-state index in [9.17, 15) is 0 Å². The van der Waals surface area contributed by atoms with Crippen molar-refractivity contribution in [1.82, 2.24) is 0 Å². The van der Waals surface area contributed by atoms with E-state index >= 15 is 0 Å². The van der Waals surface area contributed by atoms with E-state index in [0.717, 1.165) is 25.7 Å². The van der Waals surface area contributed by atoms with Crippen LogP contribution in [0.2, 0.25) is 0 Å². The van der Waals surface area contributed by atoms with Crippen LogP contribution in [-0.4, -0.2) is 11.1 Å². The number of allylic oxidation sites excluding steroid dienone is 6. The average molecular weight is 298 g/mol. The molecule has 2 heteroatoms. The molecule has 0 saturated carbocycles. The van der Waals surface area contributed by atoms with E-state index in [0.29, 0.717) is 0 Å². The highest BCUT2D eigenvalue weighted by molar-refractivity contribution is 5.53. The van der Waals surface area contributed by atoms with Gasteiger partial charge in [-0.15, -0.1) is 0 Å². The van der Waals surface area contributed by atoms with Crippen molar-refractivity contribution in [2.75, 3.05) is 0 Å². The molecule has 0 aromatic rings.